The van der Waals surface area contributed by atoms with Crippen molar-refractivity contribution in [1.29, 1.82) is 0 Å². The third kappa shape index (κ3) is 4.55. The normalized spacial score (nSPS) is 15.9. The van der Waals surface area contributed by atoms with Gasteiger partial charge in [-0.05, 0) is 18.8 Å². The Labute approximate surface area is 110 Å². The first-order chi connectivity index (χ1) is 8.22. The van der Waals surface area contributed by atoms with Crippen LogP contribution in [-0.2, 0) is 4.79 Å². The molecule has 0 fully saturated rings. The Bertz CT molecular complexity index is 292. The highest BCUT2D eigenvalue weighted by molar-refractivity contribution is 5.82. The summed E-state index contributed by atoms with van der Waals surface area (Å²) in [5, 5.41) is 11.7. The lowest BCUT2D eigenvalue weighted by atomic mass is 9.99. The molecule has 0 saturated heterocycles. The Morgan fingerprint density at radius 3 is 2.06 bits per heavy atom. The second-order valence-corrected chi connectivity index (χ2v) is 5.25. The van der Waals surface area contributed by atoms with Crippen molar-refractivity contribution in [3.8, 4) is 0 Å². The lowest BCUT2D eigenvalue weighted by Gasteiger charge is -2.30. The number of rotatable bonds is 6. The van der Waals surface area contributed by atoms with Crippen LogP contribution < -0.4 is 5.32 Å². The van der Waals surface area contributed by atoms with Gasteiger partial charge >= 0.3 is 12.0 Å². The Morgan fingerprint density at radius 1 is 1.22 bits per heavy atom. The quantitative estimate of drug-likeness (QED) is 0.767. The fourth-order valence-electron chi connectivity index (χ4n) is 1.55. The topological polar surface area (TPSA) is 69.6 Å². The van der Waals surface area contributed by atoms with Gasteiger partial charge in [0.05, 0.1) is 0 Å². The number of carbonyl (C=O) groups is 2. The van der Waals surface area contributed by atoms with E-state index in [9.17, 15) is 9.59 Å². The highest BCUT2D eigenvalue weighted by atomic mass is 16.4. The monoisotopic (exact) mass is 258 g/mol. The zero-order valence-corrected chi connectivity index (χ0v) is 12.2. The van der Waals surface area contributed by atoms with Crippen molar-refractivity contribution in [2.45, 2.75) is 53.1 Å². The van der Waals surface area contributed by atoms with Crippen molar-refractivity contribution < 1.29 is 14.7 Å². The molecule has 0 saturated carbocycles. The fraction of sp³-hybridized carbons (Fsp3) is 0.846. The molecule has 0 radical (unpaired) electrons. The van der Waals surface area contributed by atoms with Crippen LogP contribution in [-0.4, -0.2) is 41.1 Å². The number of carboxylic acid groups (broad SMARTS) is 1. The molecule has 3 atom stereocenters. The zero-order chi connectivity index (χ0) is 14.5. The largest absolute Gasteiger partial charge is 0.480 e. The van der Waals surface area contributed by atoms with E-state index in [0.29, 0.717) is 12.3 Å². The molecule has 0 aromatic rings. The smallest absolute Gasteiger partial charge is 0.326 e. The second kappa shape index (κ2) is 7.24. The van der Waals surface area contributed by atoms with Crippen LogP contribution in [0.2, 0.25) is 0 Å². The lowest BCUT2D eigenvalue weighted by molar-refractivity contribution is -0.140. The van der Waals surface area contributed by atoms with Gasteiger partial charge in [-0.1, -0.05) is 34.1 Å². The number of nitrogens with one attached hydrogen (secondary N) is 1. The van der Waals surface area contributed by atoms with E-state index >= 15 is 0 Å². The molecule has 0 aliphatic rings. The van der Waals surface area contributed by atoms with E-state index < -0.39 is 12.0 Å². The Balaban J connectivity index is 4.65. The highest BCUT2D eigenvalue weighted by Crippen LogP contribution is 2.11. The summed E-state index contributed by atoms with van der Waals surface area (Å²) in [5.41, 5.74) is 0. The van der Waals surface area contributed by atoms with Crippen LogP contribution in [0, 0.1) is 11.8 Å². The van der Waals surface area contributed by atoms with Crippen molar-refractivity contribution in [3.05, 3.63) is 0 Å². The van der Waals surface area contributed by atoms with Crippen LogP contribution in [0.5, 0.6) is 0 Å². The van der Waals surface area contributed by atoms with E-state index in [0.717, 1.165) is 0 Å². The minimum absolute atomic E-state index is 0.0661. The molecule has 0 heterocycles. The molecular formula is C13H26N2O3. The predicted molar refractivity (Wildman–Crippen MR) is 71.5 cm³/mol. The van der Waals surface area contributed by atoms with Crippen LogP contribution in [0.1, 0.15) is 41.0 Å². The minimum Gasteiger partial charge on any atom is -0.480 e. The third-order valence-corrected chi connectivity index (χ3v) is 3.65. The third-order valence-electron chi connectivity index (χ3n) is 3.65. The highest BCUT2D eigenvalue weighted by Gasteiger charge is 2.28. The molecule has 0 aromatic heterocycles. The van der Waals surface area contributed by atoms with E-state index in [1.807, 2.05) is 34.6 Å². The summed E-state index contributed by atoms with van der Waals surface area (Å²) in [6.07, 6.45) is 0.709. The maximum Gasteiger partial charge on any atom is 0.326 e. The van der Waals surface area contributed by atoms with Crippen LogP contribution >= 0.6 is 0 Å². The molecule has 0 aromatic carbocycles. The fourth-order valence-corrected chi connectivity index (χ4v) is 1.55. The van der Waals surface area contributed by atoms with Gasteiger partial charge in [-0.25, -0.2) is 9.59 Å². The molecule has 18 heavy (non-hydrogen) atoms. The maximum absolute atomic E-state index is 12.0. The Kier molecular flexibility index (Phi) is 6.73. The molecule has 5 heteroatoms. The number of hydrogen-bond donors (Lipinski definition) is 2. The number of aliphatic carboxylic acids is 1. The summed E-state index contributed by atoms with van der Waals surface area (Å²) >= 11 is 0. The van der Waals surface area contributed by atoms with Crippen molar-refractivity contribution >= 4 is 12.0 Å². The summed E-state index contributed by atoms with van der Waals surface area (Å²) in [6.45, 7) is 9.73. The average molecular weight is 258 g/mol. The SMILES string of the molecule is CCC(C)[C@H](NC(=O)N(C)C(C)C(C)C)C(=O)O. The van der Waals surface area contributed by atoms with Gasteiger partial charge in [0.2, 0.25) is 0 Å². The molecule has 0 aliphatic heterocycles. The van der Waals surface area contributed by atoms with Crippen LogP contribution in [0.25, 0.3) is 0 Å². The number of carboxylic acids is 1. The molecule has 5 nitrogen and oxygen atoms in total. The number of hydrogen-bond acceptors (Lipinski definition) is 2. The standard InChI is InChI=1S/C13H26N2O3/c1-7-9(4)11(12(16)17)14-13(18)15(6)10(5)8(2)3/h8-11H,7H2,1-6H3,(H,14,18)(H,16,17)/t9?,10?,11-/m0/s1. The van der Waals surface area contributed by atoms with Gasteiger partial charge in [0.25, 0.3) is 0 Å². The van der Waals surface area contributed by atoms with E-state index in [1.54, 1.807) is 11.9 Å². The molecule has 0 spiro atoms. The van der Waals surface area contributed by atoms with Crippen molar-refractivity contribution in [2.75, 3.05) is 7.05 Å². The van der Waals surface area contributed by atoms with Crippen LogP contribution in [0.3, 0.4) is 0 Å². The lowest BCUT2D eigenvalue weighted by Crippen LogP contribution is -2.52. The first-order valence-corrected chi connectivity index (χ1v) is 6.48. The number of carbonyl (C=O) groups excluding carboxylic acids is 1. The molecule has 2 N–H and O–H groups in total. The summed E-state index contributed by atoms with van der Waals surface area (Å²) in [7, 11) is 1.69. The summed E-state index contributed by atoms with van der Waals surface area (Å²) < 4.78 is 0. The Hall–Kier alpha value is -1.26. The zero-order valence-electron chi connectivity index (χ0n) is 12.2. The van der Waals surface area contributed by atoms with Crippen molar-refractivity contribution in [1.82, 2.24) is 10.2 Å². The van der Waals surface area contributed by atoms with Gasteiger partial charge in [0, 0.05) is 13.1 Å². The number of amides is 2. The molecule has 0 aliphatic carbocycles. The molecule has 2 amide bonds. The second-order valence-electron chi connectivity index (χ2n) is 5.25. The molecule has 0 bridgehead atoms. The van der Waals surface area contributed by atoms with Gasteiger partial charge in [-0.15, -0.1) is 0 Å². The molecule has 0 rings (SSSR count). The van der Waals surface area contributed by atoms with Gasteiger partial charge in [-0.2, -0.15) is 0 Å². The first-order valence-electron chi connectivity index (χ1n) is 6.48. The minimum atomic E-state index is -0.983. The predicted octanol–water partition coefficient (Wildman–Crippen LogP) is 2.17. The van der Waals surface area contributed by atoms with Crippen LogP contribution in [0.4, 0.5) is 4.79 Å². The van der Waals surface area contributed by atoms with Crippen LogP contribution in [0.15, 0.2) is 0 Å². The van der Waals surface area contributed by atoms with Crippen molar-refractivity contribution in [3.63, 3.8) is 0 Å². The average Bonchev–Trinajstić information content (AvgIpc) is 2.32. The summed E-state index contributed by atoms with van der Waals surface area (Å²) in [6, 6.07) is -1.09. The number of urea groups is 1. The maximum atomic E-state index is 12.0. The van der Waals surface area contributed by atoms with Crippen molar-refractivity contribution in [2.24, 2.45) is 11.8 Å². The van der Waals surface area contributed by atoms with Gasteiger partial charge in [0.15, 0.2) is 0 Å². The number of nitrogens with zero attached hydrogens (tertiary/aromatic N) is 1. The summed E-state index contributed by atoms with van der Waals surface area (Å²) in [4.78, 5) is 24.7. The van der Waals surface area contributed by atoms with Gasteiger partial charge < -0.3 is 15.3 Å². The van der Waals surface area contributed by atoms with E-state index in [-0.39, 0.29) is 18.0 Å². The Morgan fingerprint density at radius 2 is 1.72 bits per heavy atom. The van der Waals surface area contributed by atoms with E-state index in [4.69, 9.17) is 5.11 Å². The molecular weight excluding hydrogens is 232 g/mol. The van der Waals surface area contributed by atoms with E-state index in [1.165, 1.54) is 0 Å². The molecule has 2 unspecified atom stereocenters. The van der Waals surface area contributed by atoms with Gasteiger partial charge in [0.1, 0.15) is 6.04 Å². The molecule has 106 valence electrons. The summed E-state index contributed by atoms with van der Waals surface area (Å²) in [5.74, 6) is -0.745. The first kappa shape index (κ1) is 16.7. The van der Waals surface area contributed by atoms with Gasteiger partial charge in [-0.3, -0.25) is 0 Å². The van der Waals surface area contributed by atoms with E-state index in [2.05, 4.69) is 5.32 Å².